The summed E-state index contributed by atoms with van der Waals surface area (Å²) in [5.41, 5.74) is 4.45. The van der Waals surface area contributed by atoms with Crippen molar-refractivity contribution in [1.29, 1.82) is 5.26 Å². The summed E-state index contributed by atoms with van der Waals surface area (Å²) in [6.07, 6.45) is 1.85. The predicted octanol–water partition coefficient (Wildman–Crippen LogP) is 4.06. The fourth-order valence-corrected chi connectivity index (χ4v) is 2.90. The lowest BCUT2D eigenvalue weighted by molar-refractivity contribution is -0.117. The highest BCUT2D eigenvalue weighted by atomic mass is 16.2. The topological polar surface area (TPSA) is 52.9 Å². The molecule has 0 fully saturated rings. The molecule has 0 aromatic heterocycles. The fourth-order valence-electron chi connectivity index (χ4n) is 2.90. The van der Waals surface area contributed by atoms with Gasteiger partial charge in [-0.15, -0.1) is 0 Å². The number of benzene rings is 2. The Labute approximate surface area is 124 Å². The Morgan fingerprint density at radius 3 is 2.81 bits per heavy atom. The van der Waals surface area contributed by atoms with Crippen LogP contribution in [0, 0.1) is 11.3 Å². The molecule has 1 atom stereocenters. The number of nitriles is 1. The second-order valence-corrected chi connectivity index (χ2v) is 5.29. The van der Waals surface area contributed by atoms with Gasteiger partial charge in [0.25, 0.3) is 0 Å². The fraction of sp³-hybridized carbons (Fsp3) is 0.222. The van der Waals surface area contributed by atoms with E-state index in [1.54, 1.807) is 6.07 Å². The summed E-state index contributed by atoms with van der Waals surface area (Å²) in [5.74, 6) is 0.0443. The SMILES string of the molecule is CCCC1C(=O)Nc2cc(-c3ccccc3C#N)ccc21. The van der Waals surface area contributed by atoms with Crippen molar-refractivity contribution in [3.8, 4) is 17.2 Å². The van der Waals surface area contributed by atoms with Crippen LogP contribution in [0.25, 0.3) is 11.1 Å². The highest BCUT2D eigenvalue weighted by Crippen LogP contribution is 2.38. The van der Waals surface area contributed by atoms with Crippen molar-refractivity contribution < 1.29 is 4.79 Å². The Kier molecular flexibility index (Phi) is 3.45. The van der Waals surface area contributed by atoms with Crippen LogP contribution in [0.1, 0.15) is 36.8 Å². The quantitative estimate of drug-likeness (QED) is 0.919. The molecule has 0 aliphatic carbocycles. The first-order valence-corrected chi connectivity index (χ1v) is 7.19. The molecule has 0 saturated carbocycles. The number of anilines is 1. The molecule has 21 heavy (non-hydrogen) atoms. The molecule has 1 N–H and O–H groups in total. The minimum atomic E-state index is -0.0368. The van der Waals surface area contributed by atoms with Gasteiger partial charge in [-0.1, -0.05) is 43.7 Å². The van der Waals surface area contributed by atoms with Crippen LogP contribution in [-0.4, -0.2) is 5.91 Å². The van der Waals surface area contributed by atoms with Crippen molar-refractivity contribution in [3.05, 3.63) is 53.6 Å². The summed E-state index contributed by atoms with van der Waals surface area (Å²) in [4.78, 5) is 12.0. The Bertz CT molecular complexity index is 743. The van der Waals surface area contributed by atoms with E-state index in [9.17, 15) is 10.1 Å². The average Bonchev–Trinajstić information content (AvgIpc) is 2.83. The molecule has 1 amide bonds. The van der Waals surface area contributed by atoms with Crippen LogP contribution >= 0.6 is 0 Å². The van der Waals surface area contributed by atoms with E-state index < -0.39 is 0 Å². The van der Waals surface area contributed by atoms with Gasteiger partial charge in [-0.3, -0.25) is 4.79 Å². The van der Waals surface area contributed by atoms with Crippen LogP contribution < -0.4 is 5.32 Å². The van der Waals surface area contributed by atoms with Gasteiger partial charge in [-0.25, -0.2) is 0 Å². The van der Waals surface area contributed by atoms with Crippen LogP contribution in [0.15, 0.2) is 42.5 Å². The maximum Gasteiger partial charge on any atom is 0.232 e. The zero-order valence-corrected chi connectivity index (χ0v) is 11.9. The van der Waals surface area contributed by atoms with Gasteiger partial charge in [-0.2, -0.15) is 5.26 Å². The first-order valence-electron chi connectivity index (χ1n) is 7.19. The summed E-state index contributed by atoms with van der Waals surface area (Å²) in [6.45, 7) is 2.09. The van der Waals surface area contributed by atoms with Crippen LogP contribution in [0.2, 0.25) is 0 Å². The molecule has 1 aliphatic heterocycles. The third-order valence-electron chi connectivity index (χ3n) is 3.94. The average molecular weight is 276 g/mol. The van der Waals surface area contributed by atoms with Gasteiger partial charge < -0.3 is 5.32 Å². The van der Waals surface area contributed by atoms with E-state index in [0.29, 0.717) is 5.56 Å². The molecule has 3 rings (SSSR count). The molecule has 0 bridgehead atoms. The molecule has 1 aliphatic rings. The van der Waals surface area contributed by atoms with Crippen LogP contribution in [0.5, 0.6) is 0 Å². The molecule has 3 nitrogen and oxygen atoms in total. The number of rotatable bonds is 3. The molecular formula is C18H16N2O. The lowest BCUT2D eigenvalue weighted by atomic mass is 9.93. The highest BCUT2D eigenvalue weighted by Gasteiger charge is 2.29. The second kappa shape index (κ2) is 5.41. The van der Waals surface area contributed by atoms with E-state index in [0.717, 1.165) is 35.2 Å². The van der Waals surface area contributed by atoms with E-state index in [-0.39, 0.29) is 11.8 Å². The van der Waals surface area contributed by atoms with Gasteiger partial charge in [0.1, 0.15) is 0 Å². The van der Waals surface area contributed by atoms with Crippen LogP contribution in [0.4, 0.5) is 5.69 Å². The number of fused-ring (bicyclic) bond motifs is 1. The summed E-state index contributed by atoms with van der Waals surface area (Å²) in [6, 6.07) is 15.7. The van der Waals surface area contributed by atoms with Crippen molar-refractivity contribution >= 4 is 11.6 Å². The van der Waals surface area contributed by atoms with Crippen molar-refractivity contribution in [3.63, 3.8) is 0 Å². The number of carbonyl (C=O) groups is 1. The lowest BCUT2D eigenvalue weighted by Gasteiger charge is -2.09. The van der Waals surface area contributed by atoms with E-state index >= 15 is 0 Å². The first-order chi connectivity index (χ1) is 10.2. The van der Waals surface area contributed by atoms with Crippen molar-refractivity contribution in [2.45, 2.75) is 25.7 Å². The van der Waals surface area contributed by atoms with E-state index in [4.69, 9.17) is 0 Å². The summed E-state index contributed by atoms with van der Waals surface area (Å²) in [5, 5.41) is 12.2. The number of carbonyl (C=O) groups excluding carboxylic acids is 1. The molecule has 0 spiro atoms. The molecule has 1 heterocycles. The van der Waals surface area contributed by atoms with E-state index in [1.807, 2.05) is 36.4 Å². The van der Waals surface area contributed by atoms with Crippen molar-refractivity contribution in [1.82, 2.24) is 0 Å². The summed E-state index contributed by atoms with van der Waals surface area (Å²) >= 11 is 0. The normalized spacial score (nSPS) is 16.2. The van der Waals surface area contributed by atoms with Gasteiger partial charge in [0, 0.05) is 5.69 Å². The van der Waals surface area contributed by atoms with Gasteiger partial charge in [0.15, 0.2) is 0 Å². The Morgan fingerprint density at radius 1 is 1.24 bits per heavy atom. The van der Waals surface area contributed by atoms with E-state index in [1.165, 1.54) is 0 Å². The van der Waals surface area contributed by atoms with Gasteiger partial charge in [0.05, 0.1) is 17.6 Å². The monoisotopic (exact) mass is 276 g/mol. The Hall–Kier alpha value is -2.60. The molecule has 2 aromatic carbocycles. The molecule has 3 heteroatoms. The zero-order chi connectivity index (χ0) is 14.8. The Balaban J connectivity index is 2.04. The van der Waals surface area contributed by atoms with Gasteiger partial charge >= 0.3 is 0 Å². The summed E-state index contributed by atoms with van der Waals surface area (Å²) in [7, 11) is 0. The molecule has 0 radical (unpaired) electrons. The van der Waals surface area contributed by atoms with Crippen molar-refractivity contribution in [2.24, 2.45) is 0 Å². The smallest absolute Gasteiger partial charge is 0.232 e. The number of amides is 1. The zero-order valence-electron chi connectivity index (χ0n) is 11.9. The van der Waals surface area contributed by atoms with Crippen molar-refractivity contribution in [2.75, 3.05) is 5.32 Å². The number of hydrogen-bond donors (Lipinski definition) is 1. The third-order valence-corrected chi connectivity index (χ3v) is 3.94. The van der Waals surface area contributed by atoms with E-state index in [2.05, 4.69) is 18.3 Å². The lowest BCUT2D eigenvalue weighted by Crippen LogP contribution is -2.11. The first kappa shape index (κ1) is 13.4. The molecule has 1 unspecified atom stereocenters. The number of nitrogens with zero attached hydrogens (tertiary/aromatic N) is 1. The number of nitrogens with one attached hydrogen (secondary N) is 1. The molecule has 2 aromatic rings. The standard InChI is InChI=1S/C18H16N2O/c1-2-5-16-15-9-8-12(10-17(15)20-18(16)21)14-7-4-3-6-13(14)11-19/h3-4,6-10,16H,2,5H2,1H3,(H,20,21). The maximum absolute atomic E-state index is 12.0. The molecule has 0 saturated heterocycles. The largest absolute Gasteiger partial charge is 0.325 e. The predicted molar refractivity (Wildman–Crippen MR) is 82.9 cm³/mol. The highest BCUT2D eigenvalue weighted by molar-refractivity contribution is 6.03. The second-order valence-electron chi connectivity index (χ2n) is 5.29. The minimum Gasteiger partial charge on any atom is -0.325 e. The molecular weight excluding hydrogens is 260 g/mol. The van der Waals surface area contributed by atoms with Gasteiger partial charge in [-0.05, 0) is 35.2 Å². The Morgan fingerprint density at radius 2 is 2.05 bits per heavy atom. The van der Waals surface area contributed by atoms with Gasteiger partial charge in [0.2, 0.25) is 5.91 Å². The third kappa shape index (κ3) is 2.30. The van der Waals surface area contributed by atoms with Crippen LogP contribution in [0.3, 0.4) is 0 Å². The number of hydrogen-bond acceptors (Lipinski definition) is 2. The maximum atomic E-state index is 12.0. The minimum absolute atomic E-state index is 0.0368. The van der Waals surface area contributed by atoms with Crippen LogP contribution in [-0.2, 0) is 4.79 Å². The summed E-state index contributed by atoms with van der Waals surface area (Å²) < 4.78 is 0. The molecule has 104 valence electrons.